The number of methoxy groups -OCH3 is 1. The van der Waals surface area contributed by atoms with Crippen molar-refractivity contribution < 1.29 is 23.8 Å². The number of hydrogen-bond acceptors (Lipinski definition) is 5. The Labute approximate surface area is 192 Å². The summed E-state index contributed by atoms with van der Waals surface area (Å²) in [5.41, 5.74) is 2.30. The lowest BCUT2D eigenvalue weighted by atomic mass is 9.91. The summed E-state index contributed by atoms with van der Waals surface area (Å²) in [4.78, 5) is 25.4. The van der Waals surface area contributed by atoms with Crippen molar-refractivity contribution >= 4 is 23.6 Å². The van der Waals surface area contributed by atoms with E-state index in [0.717, 1.165) is 5.56 Å². The van der Waals surface area contributed by atoms with Crippen LogP contribution in [0.3, 0.4) is 0 Å². The number of carbonyl (C=O) groups is 2. The second-order valence-corrected chi connectivity index (χ2v) is 7.97. The fourth-order valence-electron chi connectivity index (χ4n) is 3.57. The maximum atomic E-state index is 12.9. The minimum Gasteiger partial charge on any atom is -0.493 e. The van der Waals surface area contributed by atoms with E-state index in [0.29, 0.717) is 33.4 Å². The fraction of sp³-hybridized carbons (Fsp3) is 0.333. The Morgan fingerprint density at radius 3 is 2.59 bits per heavy atom. The standard InChI is InChI=1S/C24H27ClN2O5/c1-5-31-23(28)19-20(14(2)3)26-24(29)27-21(19)17-10-7-11-18(30-4)22(17)32-13-15-8-6-9-16(25)12-15/h6-12,14,21H,5,13H2,1-4H3,(H2,26,27,29). The molecule has 0 saturated carbocycles. The maximum Gasteiger partial charge on any atom is 0.338 e. The molecule has 0 radical (unpaired) electrons. The first-order chi connectivity index (χ1) is 15.3. The predicted octanol–water partition coefficient (Wildman–Crippen LogP) is 4.75. The van der Waals surface area contributed by atoms with Crippen LogP contribution in [0.2, 0.25) is 5.02 Å². The van der Waals surface area contributed by atoms with Gasteiger partial charge in [0.25, 0.3) is 0 Å². The Morgan fingerprint density at radius 2 is 1.94 bits per heavy atom. The first kappa shape index (κ1) is 23.5. The summed E-state index contributed by atoms with van der Waals surface area (Å²) in [6.45, 7) is 5.98. The quantitative estimate of drug-likeness (QED) is 0.557. The number of rotatable bonds is 8. The number of ether oxygens (including phenoxy) is 3. The molecule has 2 N–H and O–H groups in total. The van der Waals surface area contributed by atoms with E-state index >= 15 is 0 Å². The number of esters is 1. The van der Waals surface area contributed by atoms with E-state index in [4.69, 9.17) is 25.8 Å². The summed E-state index contributed by atoms with van der Waals surface area (Å²) in [6, 6.07) is 11.5. The molecule has 1 aliphatic heterocycles. The van der Waals surface area contributed by atoms with E-state index in [1.165, 1.54) is 7.11 Å². The molecule has 32 heavy (non-hydrogen) atoms. The molecule has 2 amide bonds. The molecular formula is C24H27ClN2O5. The molecule has 1 unspecified atom stereocenters. The van der Waals surface area contributed by atoms with Crippen molar-refractivity contribution in [1.29, 1.82) is 0 Å². The second kappa shape index (κ2) is 10.4. The Kier molecular flexibility index (Phi) is 7.64. The van der Waals surface area contributed by atoms with Gasteiger partial charge in [-0.2, -0.15) is 0 Å². The van der Waals surface area contributed by atoms with Crippen LogP contribution in [0.15, 0.2) is 53.7 Å². The van der Waals surface area contributed by atoms with Crippen LogP contribution in [-0.2, 0) is 16.1 Å². The Balaban J connectivity index is 2.08. The molecule has 1 aliphatic rings. The maximum absolute atomic E-state index is 12.9. The number of halogens is 1. The monoisotopic (exact) mass is 458 g/mol. The fourth-order valence-corrected chi connectivity index (χ4v) is 3.78. The summed E-state index contributed by atoms with van der Waals surface area (Å²) in [7, 11) is 1.54. The highest BCUT2D eigenvalue weighted by molar-refractivity contribution is 6.30. The molecule has 0 aromatic heterocycles. The van der Waals surface area contributed by atoms with Crippen molar-refractivity contribution in [3.05, 3.63) is 69.9 Å². The van der Waals surface area contributed by atoms with Crippen molar-refractivity contribution in [2.45, 2.75) is 33.4 Å². The lowest BCUT2D eigenvalue weighted by Gasteiger charge is -2.32. The van der Waals surface area contributed by atoms with Gasteiger partial charge in [0, 0.05) is 16.3 Å². The topological polar surface area (TPSA) is 85.9 Å². The van der Waals surface area contributed by atoms with Gasteiger partial charge in [-0.1, -0.05) is 49.7 Å². The molecule has 0 spiro atoms. The number of benzene rings is 2. The van der Waals surface area contributed by atoms with Crippen molar-refractivity contribution in [3.63, 3.8) is 0 Å². The summed E-state index contributed by atoms with van der Waals surface area (Å²) in [5, 5.41) is 6.20. The second-order valence-electron chi connectivity index (χ2n) is 7.53. The number of nitrogens with one attached hydrogen (secondary N) is 2. The normalized spacial score (nSPS) is 15.8. The Bertz CT molecular complexity index is 1030. The Morgan fingerprint density at radius 1 is 1.19 bits per heavy atom. The molecule has 0 aliphatic carbocycles. The highest BCUT2D eigenvalue weighted by Gasteiger charge is 2.36. The highest BCUT2D eigenvalue weighted by atomic mass is 35.5. The minimum atomic E-state index is -0.773. The van der Waals surface area contributed by atoms with E-state index in [1.54, 1.807) is 31.2 Å². The minimum absolute atomic E-state index is 0.107. The van der Waals surface area contributed by atoms with Crippen molar-refractivity contribution in [2.75, 3.05) is 13.7 Å². The molecule has 1 heterocycles. The van der Waals surface area contributed by atoms with Gasteiger partial charge in [0.2, 0.25) is 0 Å². The van der Waals surface area contributed by atoms with E-state index in [2.05, 4.69) is 10.6 Å². The molecule has 3 rings (SSSR count). The van der Waals surface area contributed by atoms with Crippen molar-refractivity contribution in [1.82, 2.24) is 10.6 Å². The lowest BCUT2D eigenvalue weighted by Crippen LogP contribution is -2.47. The molecular weight excluding hydrogens is 432 g/mol. The van der Waals surface area contributed by atoms with Crippen LogP contribution in [0.25, 0.3) is 0 Å². The van der Waals surface area contributed by atoms with Crippen LogP contribution in [0.5, 0.6) is 11.5 Å². The Hall–Kier alpha value is -3.19. The molecule has 0 bridgehead atoms. The number of hydrogen-bond donors (Lipinski definition) is 2. The predicted molar refractivity (Wildman–Crippen MR) is 122 cm³/mol. The third kappa shape index (κ3) is 5.16. The van der Waals surface area contributed by atoms with Crippen LogP contribution < -0.4 is 20.1 Å². The third-order valence-corrected chi connectivity index (χ3v) is 5.22. The zero-order valence-electron chi connectivity index (χ0n) is 18.5. The largest absolute Gasteiger partial charge is 0.493 e. The number of allylic oxidation sites excluding steroid dienone is 1. The smallest absolute Gasteiger partial charge is 0.338 e. The SMILES string of the molecule is CCOC(=O)C1=C(C(C)C)NC(=O)NC1c1cccc(OC)c1OCc1cccc(Cl)c1. The number of amides is 2. The molecule has 8 heteroatoms. The van der Waals surface area contributed by atoms with Gasteiger partial charge >= 0.3 is 12.0 Å². The lowest BCUT2D eigenvalue weighted by molar-refractivity contribution is -0.139. The average molecular weight is 459 g/mol. The van der Waals surface area contributed by atoms with Crippen LogP contribution >= 0.6 is 11.6 Å². The van der Waals surface area contributed by atoms with Gasteiger partial charge in [0.15, 0.2) is 11.5 Å². The van der Waals surface area contributed by atoms with Gasteiger partial charge in [0.1, 0.15) is 6.61 Å². The first-order valence-electron chi connectivity index (χ1n) is 10.4. The molecule has 170 valence electrons. The van der Waals surface area contributed by atoms with Crippen molar-refractivity contribution in [2.24, 2.45) is 5.92 Å². The van der Waals surface area contributed by atoms with E-state index in [1.807, 2.05) is 32.0 Å². The zero-order chi connectivity index (χ0) is 23.3. The molecule has 0 saturated heterocycles. The summed E-state index contributed by atoms with van der Waals surface area (Å²) >= 11 is 6.09. The highest BCUT2D eigenvalue weighted by Crippen LogP contribution is 2.40. The van der Waals surface area contributed by atoms with Crippen LogP contribution in [0.4, 0.5) is 4.79 Å². The summed E-state index contributed by atoms with van der Waals surface area (Å²) < 4.78 is 17.0. The van der Waals surface area contributed by atoms with Crippen LogP contribution in [0.1, 0.15) is 37.9 Å². The van der Waals surface area contributed by atoms with Gasteiger partial charge in [0.05, 0.1) is 25.3 Å². The van der Waals surface area contributed by atoms with Gasteiger partial charge in [-0.05, 0) is 36.6 Å². The van der Waals surface area contributed by atoms with Crippen molar-refractivity contribution in [3.8, 4) is 11.5 Å². The summed E-state index contributed by atoms with van der Waals surface area (Å²) in [5.74, 6) is 0.292. The molecule has 1 atom stereocenters. The van der Waals surface area contributed by atoms with Gasteiger partial charge in [-0.15, -0.1) is 0 Å². The number of urea groups is 1. The molecule has 7 nitrogen and oxygen atoms in total. The summed E-state index contributed by atoms with van der Waals surface area (Å²) in [6.07, 6.45) is 0. The van der Waals surface area contributed by atoms with E-state index < -0.39 is 18.0 Å². The van der Waals surface area contributed by atoms with Crippen LogP contribution in [-0.4, -0.2) is 25.7 Å². The zero-order valence-corrected chi connectivity index (χ0v) is 19.3. The van der Waals surface area contributed by atoms with Crippen LogP contribution in [0, 0.1) is 5.92 Å². The van der Waals surface area contributed by atoms with E-state index in [-0.39, 0.29) is 19.1 Å². The molecule has 2 aromatic rings. The average Bonchev–Trinajstić information content (AvgIpc) is 2.76. The number of para-hydroxylation sites is 1. The third-order valence-electron chi connectivity index (χ3n) is 4.99. The van der Waals surface area contributed by atoms with Gasteiger partial charge in [-0.3, -0.25) is 0 Å². The molecule has 0 fully saturated rings. The number of carbonyl (C=O) groups excluding carboxylic acids is 2. The van der Waals surface area contributed by atoms with Gasteiger partial charge < -0.3 is 24.8 Å². The van der Waals surface area contributed by atoms with E-state index in [9.17, 15) is 9.59 Å². The first-order valence-corrected chi connectivity index (χ1v) is 10.8. The molecule has 2 aromatic carbocycles. The van der Waals surface area contributed by atoms with Gasteiger partial charge in [-0.25, -0.2) is 9.59 Å².